The van der Waals surface area contributed by atoms with Crippen molar-refractivity contribution in [2.45, 2.75) is 23.7 Å². The Labute approximate surface area is 169 Å². The number of fused-ring (bicyclic) bond motifs is 3. The van der Waals surface area contributed by atoms with E-state index in [2.05, 4.69) is 5.43 Å². The van der Waals surface area contributed by atoms with Crippen LogP contribution in [0, 0.1) is 11.7 Å². The number of nitrogens with two attached hydrogens (primary N) is 2. The molecule has 11 heteroatoms. The summed E-state index contributed by atoms with van der Waals surface area (Å²) < 4.78 is 22.9. The number of hydrazine groups is 1. The number of aromatic carboxylic acids is 1. The van der Waals surface area contributed by atoms with E-state index >= 15 is 4.39 Å². The monoisotopic (exact) mass is 423 g/mol. The largest absolute Gasteiger partial charge is 0.492 e. The zero-order chi connectivity index (χ0) is 21.0. The normalized spacial score (nSPS) is 20.5. The molecule has 1 fully saturated rings. The summed E-state index contributed by atoms with van der Waals surface area (Å²) in [6.45, 7) is 3.49. The lowest BCUT2D eigenvalue weighted by molar-refractivity contribution is 0.0689. The van der Waals surface area contributed by atoms with Crippen molar-refractivity contribution in [3.05, 3.63) is 21.6 Å². The van der Waals surface area contributed by atoms with Crippen molar-refractivity contribution in [3.8, 4) is 5.75 Å². The van der Waals surface area contributed by atoms with Gasteiger partial charge in [0.1, 0.15) is 22.5 Å². The summed E-state index contributed by atoms with van der Waals surface area (Å²) in [5.41, 5.74) is 7.17. The number of aromatic nitrogens is 1. The number of nitrogens with one attached hydrogen (secondary N) is 1. The quantitative estimate of drug-likeness (QED) is 0.417. The number of anilines is 2. The molecule has 1 saturated heterocycles. The lowest BCUT2D eigenvalue weighted by Gasteiger charge is -2.35. The van der Waals surface area contributed by atoms with Crippen LogP contribution in [0.5, 0.6) is 5.75 Å². The van der Waals surface area contributed by atoms with Gasteiger partial charge in [-0.15, -0.1) is 0 Å². The van der Waals surface area contributed by atoms with Gasteiger partial charge in [0, 0.05) is 13.1 Å². The summed E-state index contributed by atoms with van der Waals surface area (Å²) in [5, 5.41) is 9.61. The Kier molecular flexibility index (Phi) is 4.83. The predicted octanol–water partition coefficient (Wildman–Crippen LogP) is 1.54. The molecule has 2 aliphatic rings. The second kappa shape index (κ2) is 7.08. The molecule has 0 amide bonds. The Morgan fingerprint density at radius 1 is 1.48 bits per heavy atom. The Balaban J connectivity index is 2.14. The number of hydrogen-bond donors (Lipinski definition) is 4. The van der Waals surface area contributed by atoms with Gasteiger partial charge < -0.3 is 30.5 Å². The fraction of sp³-hybridized carbons (Fsp3) is 0.444. The number of rotatable bonds is 5. The third kappa shape index (κ3) is 2.68. The molecule has 2 aliphatic heterocycles. The van der Waals surface area contributed by atoms with Crippen LogP contribution in [0.2, 0.25) is 0 Å². The Morgan fingerprint density at radius 2 is 2.21 bits per heavy atom. The number of nitrogen functional groups attached to an aromatic ring is 1. The molecule has 29 heavy (non-hydrogen) atoms. The number of benzene rings is 1. The molecule has 9 nitrogen and oxygen atoms in total. The maximum Gasteiger partial charge on any atom is 0.342 e. The van der Waals surface area contributed by atoms with E-state index in [0.717, 1.165) is 6.42 Å². The smallest absolute Gasteiger partial charge is 0.342 e. The molecular weight excluding hydrogens is 401 g/mol. The molecule has 1 aromatic carbocycles. The zero-order valence-corrected chi connectivity index (χ0v) is 16.8. The number of carboxylic acid groups (broad SMARTS) is 1. The van der Waals surface area contributed by atoms with Crippen molar-refractivity contribution in [1.82, 2.24) is 4.57 Å². The van der Waals surface area contributed by atoms with E-state index in [1.807, 2.05) is 11.8 Å². The number of thioether (sulfide) groups is 1. The van der Waals surface area contributed by atoms with E-state index in [-0.39, 0.29) is 33.8 Å². The number of methoxy groups -OCH3 is 1. The lowest BCUT2D eigenvalue weighted by atomic mass is 10.0. The number of halogens is 1. The van der Waals surface area contributed by atoms with Crippen molar-refractivity contribution in [2.75, 3.05) is 37.1 Å². The average Bonchev–Trinajstić information content (AvgIpc) is 3.15. The van der Waals surface area contributed by atoms with Crippen molar-refractivity contribution in [2.24, 2.45) is 17.5 Å². The van der Waals surface area contributed by atoms with Crippen molar-refractivity contribution < 1.29 is 19.0 Å². The van der Waals surface area contributed by atoms with E-state index in [4.69, 9.17) is 16.3 Å². The fourth-order valence-corrected chi connectivity index (χ4v) is 5.36. The lowest BCUT2D eigenvalue weighted by Crippen LogP contribution is -2.31. The molecule has 0 bridgehead atoms. The summed E-state index contributed by atoms with van der Waals surface area (Å²) in [4.78, 5) is 26.6. The van der Waals surface area contributed by atoms with Gasteiger partial charge in [-0.25, -0.2) is 9.18 Å². The van der Waals surface area contributed by atoms with E-state index in [0.29, 0.717) is 30.2 Å². The van der Waals surface area contributed by atoms with Crippen LogP contribution in [0.25, 0.3) is 10.9 Å². The van der Waals surface area contributed by atoms with Gasteiger partial charge in [0.25, 0.3) is 0 Å². The zero-order valence-electron chi connectivity index (χ0n) is 16.0. The van der Waals surface area contributed by atoms with Crippen molar-refractivity contribution in [3.63, 3.8) is 0 Å². The molecule has 3 heterocycles. The Morgan fingerprint density at radius 3 is 2.72 bits per heavy atom. The van der Waals surface area contributed by atoms with Gasteiger partial charge in [0.05, 0.1) is 22.9 Å². The molecule has 156 valence electrons. The minimum atomic E-state index is -1.36. The summed E-state index contributed by atoms with van der Waals surface area (Å²) in [6.07, 6.45) is 0.810. The number of ether oxygens (including phenoxy) is 1. The first-order valence-corrected chi connectivity index (χ1v) is 10.1. The highest BCUT2D eigenvalue weighted by Crippen LogP contribution is 2.52. The van der Waals surface area contributed by atoms with Crippen LogP contribution in [-0.2, 0) is 0 Å². The average molecular weight is 423 g/mol. The van der Waals surface area contributed by atoms with Gasteiger partial charge >= 0.3 is 5.97 Å². The highest BCUT2D eigenvalue weighted by Gasteiger charge is 2.38. The van der Waals surface area contributed by atoms with E-state index < -0.39 is 22.8 Å². The first kappa shape index (κ1) is 19.8. The van der Waals surface area contributed by atoms with Gasteiger partial charge in [0.2, 0.25) is 5.43 Å². The van der Waals surface area contributed by atoms with Crippen LogP contribution >= 0.6 is 11.8 Å². The summed E-state index contributed by atoms with van der Waals surface area (Å²) >= 11 is 1.27. The van der Waals surface area contributed by atoms with Crippen molar-refractivity contribution >= 4 is 40.0 Å². The SMILES string of the molecule is COc1c(N2CCC(CN)C2)c(F)c(NN)c2c(=O)c(C(=O)O)c3n(c12)C(C)S3. The highest BCUT2D eigenvalue weighted by molar-refractivity contribution is 8.00. The number of pyridine rings is 1. The van der Waals surface area contributed by atoms with Gasteiger partial charge in [-0.3, -0.25) is 10.6 Å². The van der Waals surface area contributed by atoms with Crippen molar-refractivity contribution in [1.29, 1.82) is 0 Å². The molecule has 0 saturated carbocycles. The summed E-state index contributed by atoms with van der Waals surface area (Å²) in [5.74, 6) is 3.90. The maximum absolute atomic E-state index is 15.6. The highest BCUT2D eigenvalue weighted by atomic mass is 32.2. The second-order valence-corrected chi connectivity index (χ2v) is 8.48. The molecule has 1 aromatic heterocycles. The number of carbonyl (C=O) groups is 1. The molecule has 0 radical (unpaired) electrons. The minimum absolute atomic E-state index is 0.131. The van der Waals surface area contributed by atoms with E-state index in [1.165, 1.54) is 18.9 Å². The van der Waals surface area contributed by atoms with Crippen LogP contribution in [-0.4, -0.2) is 42.4 Å². The number of nitrogens with zero attached hydrogens (tertiary/aromatic N) is 2. The first-order chi connectivity index (χ1) is 13.8. The third-order valence-corrected chi connectivity index (χ3v) is 6.79. The molecule has 2 aromatic rings. The third-order valence-electron chi connectivity index (χ3n) is 5.62. The topological polar surface area (TPSA) is 136 Å². The van der Waals surface area contributed by atoms with E-state index in [9.17, 15) is 14.7 Å². The van der Waals surface area contributed by atoms with Crippen LogP contribution < -0.4 is 32.1 Å². The number of carboxylic acids is 1. The Hall–Kier alpha value is -2.50. The standard InChI is InChI=1S/C18H22FN5O4S/c1-7-24-13-9(15(25)10(18(26)27)17(24)29-7)12(22-21)11(19)14(16(13)28-2)23-4-3-8(5-20)6-23/h7-8,22H,3-6,20-21H2,1-2H3,(H,26,27). The van der Waals surface area contributed by atoms with E-state index in [1.54, 1.807) is 4.57 Å². The van der Waals surface area contributed by atoms with Gasteiger partial charge in [0.15, 0.2) is 11.6 Å². The minimum Gasteiger partial charge on any atom is -0.492 e. The second-order valence-electron chi connectivity index (χ2n) is 7.18. The predicted molar refractivity (Wildman–Crippen MR) is 109 cm³/mol. The maximum atomic E-state index is 15.6. The molecule has 0 spiro atoms. The molecule has 2 unspecified atom stereocenters. The van der Waals surface area contributed by atoms with Crippen LogP contribution in [0.3, 0.4) is 0 Å². The van der Waals surface area contributed by atoms with Crippen LogP contribution in [0.1, 0.15) is 29.1 Å². The fourth-order valence-electron chi connectivity index (χ4n) is 4.22. The van der Waals surface area contributed by atoms with Gasteiger partial charge in [-0.2, -0.15) is 0 Å². The number of hydrogen-bond acceptors (Lipinski definition) is 8. The molecule has 4 rings (SSSR count). The van der Waals surface area contributed by atoms with Gasteiger partial charge in [-0.1, -0.05) is 11.8 Å². The molecule has 0 aliphatic carbocycles. The van der Waals surface area contributed by atoms with Crippen LogP contribution in [0.15, 0.2) is 9.82 Å². The summed E-state index contributed by atoms with van der Waals surface area (Å²) in [7, 11) is 1.41. The summed E-state index contributed by atoms with van der Waals surface area (Å²) in [6, 6.07) is 0. The first-order valence-electron chi connectivity index (χ1n) is 9.18. The molecule has 2 atom stereocenters. The van der Waals surface area contributed by atoms with Crippen LogP contribution in [0.4, 0.5) is 15.8 Å². The Bertz CT molecular complexity index is 1090. The molecular formula is C18H22FN5O4S. The molecule has 6 N–H and O–H groups in total. The van der Waals surface area contributed by atoms with Gasteiger partial charge in [-0.05, 0) is 25.8 Å².